The van der Waals surface area contributed by atoms with Gasteiger partial charge in [0.15, 0.2) is 6.29 Å². The summed E-state index contributed by atoms with van der Waals surface area (Å²) in [5.41, 5.74) is 0.169. The summed E-state index contributed by atoms with van der Waals surface area (Å²) in [7, 11) is 0. The first-order chi connectivity index (χ1) is 5.57. The van der Waals surface area contributed by atoms with Crippen molar-refractivity contribution in [2.75, 3.05) is 0 Å². The Morgan fingerprint density at radius 3 is 2.54 bits per heavy atom. The number of aliphatic hydroxyl groups excluding tert-OH is 1. The molecule has 0 spiro atoms. The first-order valence-corrected chi connectivity index (χ1v) is 3.79. The second-order valence-electron chi connectivity index (χ2n) is 2.99. The van der Waals surface area contributed by atoms with Gasteiger partial charge in [-0.25, -0.2) is 0 Å². The van der Waals surface area contributed by atoms with Crippen molar-refractivity contribution >= 4 is 17.8 Å². The molecular weight excluding hydrogens is 181 g/mol. The molecule has 0 amide bonds. The molecule has 1 rings (SSSR count). The van der Waals surface area contributed by atoms with Crippen molar-refractivity contribution in [1.82, 2.24) is 0 Å². The molecule has 0 radical (unpaired) electrons. The Bertz CT molecular complexity index is 257. The van der Waals surface area contributed by atoms with Gasteiger partial charge in [0.05, 0.1) is 23.8 Å². The predicted molar refractivity (Wildman–Crippen MR) is 44.3 cm³/mol. The summed E-state index contributed by atoms with van der Waals surface area (Å²) in [4.78, 5) is 25.3. The third-order valence-electron chi connectivity index (χ3n) is 2.07. The van der Waals surface area contributed by atoms with Crippen LogP contribution in [0.25, 0.3) is 0 Å². The van der Waals surface area contributed by atoms with E-state index in [1.807, 2.05) is 0 Å². The molecule has 13 heavy (non-hydrogen) atoms. The van der Waals surface area contributed by atoms with Crippen molar-refractivity contribution in [1.29, 1.82) is 0 Å². The van der Waals surface area contributed by atoms with Crippen molar-refractivity contribution in [2.45, 2.75) is 26.0 Å². The SMILES string of the molecule is CC(=O)C1C(C=O)=NC(C)C1O.[H-].[Na+]. The minimum absolute atomic E-state index is 0. The van der Waals surface area contributed by atoms with Gasteiger partial charge in [-0.05, 0) is 13.8 Å². The second-order valence-corrected chi connectivity index (χ2v) is 2.99. The van der Waals surface area contributed by atoms with E-state index in [-0.39, 0.29) is 48.5 Å². The fourth-order valence-electron chi connectivity index (χ4n) is 1.40. The van der Waals surface area contributed by atoms with E-state index in [0.717, 1.165) is 0 Å². The molecular formula is C8H12NNaO3. The van der Waals surface area contributed by atoms with Crippen molar-refractivity contribution in [2.24, 2.45) is 10.9 Å². The van der Waals surface area contributed by atoms with Crippen LogP contribution in [0.2, 0.25) is 0 Å². The third-order valence-corrected chi connectivity index (χ3v) is 2.07. The van der Waals surface area contributed by atoms with Gasteiger partial charge in [0.2, 0.25) is 0 Å². The molecule has 0 aromatic rings. The molecule has 0 aliphatic carbocycles. The number of Topliss-reactive ketones (excluding diaryl/α,β-unsaturated/α-hetero) is 1. The molecule has 68 valence electrons. The summed E-state index contributed by atoms with van der Waals surface area (Å²) in [6.45, 7) is 3.03. The van der Waals surface area contributed by atoms with Crippen molar-refractivity contribution in [3.05, 3.63) is 0 Å². The van der Waals surface area contributed by atoms with Crippen LogP contribution in [0.4, 0.5) is 0 Å². The molecule has 1 aliphatic heterocycles. The molecule has 0 saturated carbocycles. The van der Waals surface area contributed by atoms with Crippen LogP contribution in [0, 0.1) is 5.92 Å². The van der Waals surface area contributed by atoms with Gasteiger partial charge in [0.25, 0.3) is 0 Å². The Morgan fingerprint density at radius 1 is 1.69 bits per heavy atom. The summed E-state index contributed by atoms with van der Waals surface area (Å²) >= 11 is 0. The number of carbonyl (C=O) groups is 2. The Kier molecular flexibility index (Phi) is 4.99. The van der Waals surface area contributed by atoms with E-state index in [4.69, 9.17) is 0 Å². The zero-order valence-electron chi connectivity index (χ0n) is 9.02. The van der Waals surface area contributed by atoms with Gasteiger partial charge in [-0.1, -0.05) is 0 Å². The molecule has 0 saturated heterocycles. The summed E-state index contributed by atoms with van der Waals surface area (Å²) < 4.78 is 0. The van der Waals surface area contributed by atoms with E-state index in [9.17, 15) is 14.7 Å². The minimum Gasteiger partial charge on any atom is -1.00 e. The molecule has 1 heterocycles. The summed E-state index contributed by atoms with van der Waals surface area (Å²) in [5, 5.41) is 9.44. The number of aldehydes is 1. The number of aliphatic imine (C=N–C) groups is 1. The Balaban J connectivity index is 0. The van der Waals surface area contributed by atoms with Gasteiger partial charge in [0, 0.05) is 0 Å². The molecule has 1 aliphatic rings. The van der Waals surface area contributed by atoms with E-state index < -0.39 is 12.0 Å². The average Bonchev–Trinajstić information content (AvgIpc) is 2.28. The first-order valence-electron chi connectivity index (χ1n) is 3.79. The predicted octanol–water partition coefficient (Wildman–Crippen LogP) is -3.29. The smallest absolute Gasteiger partial charge is 1.00 e. The Hall–Kier alpha value is -0.0300. The van der Waals surface area contributed by atoms with E-state index in [0.29, 0.717) is 6.29 Å². The van der Waals surface area contributed by atoms with E-state index in [1.54, 1.807) is 6.92 Å². The molecule has 1 N–H and O–H groups in total. The van der Waals surface area contributed by atoms with Gasteiger partial charge in [0.1, 0.15) is 5.78 Å². The van der Waals surface area contributed by atoms with Crippen LogP contribution in [-0.4, -0.2) is 35.0 Å². The molecule has 4 nitrogen and oxygen atoms in total. The monoisotopic (exact) mass is 193 g/mol. The van der Waals surface area contributed by atoms with Gasteiger partial charge >= 0.3 is 29.6 Å². The van der Waals surface area contributed by atoms with Crippen molar-refractivity contribution < 1.29 is 45.7 Å². The number of hydrogen-bond donors (Lipinski definition) is 1. The van der Waals surface area contributed by atoms with Crippen LogP contribution in [0.1, 0.15) is 15.3 Å². The maximum atomic E-state index is 11.0. The van der Waals surface area contributed by atoms with Crippen molar-refractivity contribution in [3.8, 4) is 0 Å². The van der Waals surface area contributed by atoms with Gasteiger partial charge in [-0.3, -0.25) is 14.6 Å². The molecule has 5 heteroatoms. The van der Waals surface area contributed by atoms with Crippen molar-refractivity contribution in [3.63, 3.8) is 0 Å². The fourth-order valence-corrected chi connectivity index (χ4v) is 1.40. The Morgan fingerprint density at radius 2 is 2.23 bits per heavy atom. The molecule has 0 aromatic heterocycles. The van der Waals surface area contributed by atoms with Gasteiger partial charge < -0.3 is 6.53 Å². The quantitative estimate of drug-likeness (QED) is 0.369. The largest absolute Gasteiger partial charge is 1.00 e. The van der Waals surface area contributed by atoms with Crippen LogP contribution in [-0.2, 0) is 9.59 Å². The van der Waals surface area contributed by atoms with Gasteiger partial charge in [-0.2, -0.15) is 0 Å². The minimum atomic E-state index is -0.831. The normalized spacial score (nSPS) is 31.9. The van der Waals surface area contributed by atoms with Crippen LogP contribution in [0.5, 0.6) is 0 Å². The Labute approximate surface area is 100 Å². The first kappa shape index (κ1) is 13.0. The van der Waals surface area contributed by atoms with Crippen LogP contribution in [0.3, 0.4) is 0 Å². The fraction of sp³-hybridized carbons (Fsp3) is 0.625. The number of rotatable bonds is 2. The average molecular weight is 193 g/mol. The number of ketones is 1. The number of carbonyl (C=O) groups excluding carboxylic acids is 2. The maximum Gasteiger partial charge on any atom is 1.00 e. The van der Waals surface area contributed by atoms with E-state index >= 15 is 0 Å². The van der Waals surface area contributed by atoms with Crippen LogP contribution < -0.4 is 29.6 Å². The number of aliphatic hydroxyl groups is 1. The van der Waals surface area contributed by atoms with E-state index in [1.165, 1.54) is 6.92 Å². The van der Waals surface area contributed by atoms with Gasteiger partial charge in [-0.15, -0.1) is 0 Å². The topological polar surface area (TPSA) is 66.7 Å². The van der Waals surface area contributed by atoms with Crippen LogP contribution >= 0.6 is 0 Å². The third kappa shape index (κ3) is 2.47. The van der Waals surface area contributed by atoms with E-state index in [2.05, 4.69) is 4.99 Å². The number of hydrogen-bond acceptors (Lipinski definition) is 4. The van der Waals surface area contributed by atoms with Crippen LogP contribution in [0.15, 0.2) is 4.99 Å². The molecule has 0 fully saturated rings. The molecule has 0 bridgehead atoms. The molecule has 3 unspecified atom stereocenters. The summed E-state index contributed by atoms with van der Waals surface area (Å²) in [5.74, 6) is -0.921. The second kappa shape index (κ2) is 5.00. The number of nitrogens with zero attached hydrogens (tertiary/aromatic N) is 1. The maximum absolute atomic E-state index is 11.0. The molecule has 0 aromatic carbocycles. The zero-order chi connectivity index (χ0) is 9.30. The summed E-state index contributed by atoms with van der Waals surface area (Å²) in [6, 6.07) is -0.348. The zero-order valence-corrected chi connectivity index (χ0v) is 10.0. The standard InChI is InChI=1S/C8H11NO3.Na.H/c1-4-8(12)7(5(2)11)6(3-10)9-4;;/h3-4,7-8,12H,1-2H3;;/q;+1;-1. The summed E-state index contributed by atoms with van der Waals surface area (Å²) in [6.07, 6.45) is -0.290. The molecule has 3 atom stereocenters.